The van der Waals surface area contributed by atoms with Crippen LogP contribution >= 0.6 is 11.3 Å². The molecule has 3 rings (SSSR count). The normalized spacial score (nSPS) is 16.3. The second-order valence-electron chi connectivity index (χ2n) is 5.68. The number of methoxy groups -OCH3 is 1. The molecule has 0 aliphatic carbocycles. The quantitative estimate of drug-likeness (QED) is 0.581. The van der Waals surface area contributed by atoms with E-state index in [0.717, 1.165) is 22.8 Å². The van der Waals surface area contributed by atoms with Crippen LogP contribution in [0.4, 0.5) is 23.2 Å². The van der Waals surface area contributed by atoms with Crippen molar-refractivity contribution in [2.45, 2.75) is 18.8 Å². The number of halogens is 4. The Balaban J connectivity index is 1.98. The SMILES string of the molecule is COC(=O)C1CN(Cc2scc(C(F)(F)F)c2C#N)c2ccc(F)cc2O1. The van der Waals surface area contributed by atoms with E-state index in [0.29, 0.717) is 5.69 Å². The van der Waals surface area contributed by atoms with Crippen molar-refractivity contribution in [1.29, 1.82) is 5.26 Å². The highest BCUT2D eigenvalue weighted by molar-refractivity contribution is 7.10. The summed E-state index contributed by atoms with van der Waals surface area (Å²) in [7, 11) is 1.17. The fraction of sp³-hybridized carbons (Fsp3) is 0.294. The van der Waals surface area contributed by atoms with E-state index in [1.807, 2.05) is 0 Å². The molecule has 142 valence electrons. The molecule has 2 heterocycles. The number of benzene rings is 1. The summed E-state index contributed by atoms with van der Waals surface area (Å²) in [5.74, 6) is -1.22. The van der Waals surface area contributed by atoms with E-state index < -0.39 is 35.2 Å². The molecule has 1 unspecified atom stereocenters. The molecular formula is C17H12F4N2O3S. The van der Waals surface area contributed by atoms with E-state index in [4.69, 9.17) is 4.74 Å². The zero-order valence-electron chi connectivity index (χ0n) is 13.8. The molecule has 1 aromatic heterocycles. The highest BCUT2D eigenvalue weighted by atomic mass is 32.1. The maximum atomic E-state index is 13.5. The van der Waals surface area contributed by atoms with Crippen molar-refractivity contribution in [3.8, 4) is 11.8 Å². The van der Waals surface area contributed by atoms with E-state index >= 15 is 0 Å². The van der Waals surface area contributed by atoms with Gasteiger partial charge in [-0.05, 0) is 12.1 Å². The summed E-state index contributed by atoms with van der Waals surface area (Å²) in [6.45, 7) is -0.0887. The smallest absolute Gasteiger partial charge is 0.418 e. The summed E-state index contributed by atoms with van der Waals surface area (Å²) in [6, 6.07) is 5.26. The van der Waals surface area contributed by atoms with Crippen molar-refractivity contribution in [2.24, 2.45) is 0 Å². The second-order valence-corrected chi connectivity index (χ2v) is 6.64. The molecule has 0 amide bonds. The number of nitriles is 1. The third-order valence-corrected chi connectivity index (χ3v) is 4.97. The fourth-order valence-corrected chi connectivity index (χ4v) is 3.77. The van der Waals surface area contributed by atoms with Gasteiger partial charge in [0.25, 0.3) is 0 Å². The molecule has 0 radical (unpaired) electrons. The maximum absolute atomic E-state index is 13.5. The van der Waals surface area contributed by atoms with Crippen LogP contribution in [0, 0.1) is 17.1 Å². The van der Waals surface area contributed by atoms with Gasteiger partial charge >= 0.3 is 12.1 Å². The number of hydrogen-bond donors (Lipinski definition) is 0. The summed E-state index contributed by atoms with van der Waals surface area (Å²) in [5.41, 5.74) is -1.05. The predicted molar refractivity (Wildman–Crippen MR) is 87.9 cm³/mol. The van der Waals surface area contributed by atoms with Crippen LogP contribution in [0.2, 0.25) is 0 Å². The number of anilines is 1. The Morgan fingerprint density at radius 1 is 1.48 bits per heavy atom. The molecule has 10 heteroatoms. The van der Waals surface area contributed by atoms with Crippen molar-refractivity contribution in [3.05, 3.63) is 45.4 Å². The number of thiophene rings is 1. The van der Waals surface area contributed by atoms with E-state index in [1.54, 1.807) is 11.0 Å². The Kier molecular flexibility index (Phi) is 4.97. The van der Waals surface area contributed by atoms with E-state index in [9.17, 15) is 27.6 Å². The number of ether oxygens (including phenoxy) is 2. The average Bonchev–Trinajstić information content (AvgIpc) is 3.03. The number of carbonyl (C=O) groups excluding carboxylic acids is 1. The third-order valence-electron chi connectivity index (χ3n) is 4.00. The third kappa shape index (κ3) is 3.68. The van der Waals surface area contributed by atoms with E-state index in [2.05, 4.69) is 4.74 Å². The van der Waals surface area contributed by atoms with Crippen LogP contribution in [0.1, 0.15) is 16.0 Å². The van der Waals surface area contributed by atoms with Crippen LogP contribution in [0.15, 0.2) is 23.6 Å². The van der Waals surface area contributed by atoms with Crippen LogP contribution in [-0.4, -0.2) is 25.7 Å². The largest absolute Gasteiger partial charge is 0.475 e. The summed E-state index contributed by atoms with van der Waals surface area (Å²) >= 11 is 0.799. The fourth-order valence-electron chi connectivity index (χ4n) is 2.76. The number of esters is 1. The second kappa shape index (κ2) is 7.08. The molecular weight excluding hydrogens is 388 g/mol. The standard InChI is InChI=1S/C17H12F4N2O3S/c1-25-16(24)14-6-23(12-3-2-9(18)4-13(12)26-14)7-15-10(5-22)11(8-27-15)17(19,20)21/h2-4,8,14H,6-7H2,1H3. The van der Waals surface area contributed by atoms with Crippen LogP contribution in [0.5, 0.6) is 5.75 Å². The van der Waals surface area contributed by atoms with Gasteiger partial charge in [0.15, 0.2) is 0 Å². The zero-order valence-corrected chi connectivity index (χ0v) is 14.7. The van der Waals surface area contributed by atoms with Crippen LogP contribution in [0.25, 0.3) is 0 Å². The Morgan fingerprint density at radius 2 is 2.22 bits per heavy atom. The van der Waals surface area contributed by atoms with Crippen LogP contribution in [-0.2, 0) is 22.3 Å². The van der Waals surface area contributed by atoms with Gasteiger partial charge < -0.3 is 14.4 Å². The van der Waals surface area contributed by atoms with Gasteiger partial charge in [-0.3, -0.25) is 0 Å². The number of carbonyl (C=O) groups is 1. The molecule has 5 nitrogen and oxygen atoms in total. The minimum Gasteiger partial charge on any atom is -0.475 e. The first-order chi connectivity index (χ1) is 12.7. The van der Waals surface area contributed by atoms with Crippen LogP contribution < -0.4 is 9.64 Å². The average molecular weight is 400 g/mol. The molecule has 1 aliphatic heterocycles. The lowest BCUT2D eigenvalue weighted by atomic mass is 10.1. The molecule has 0 bridgehead atoms. The van der Waals surface area contributed by atoms with Gasteiger partial charge in [0.05, 0.1) is 37.0 Å². The lowest BCUT2D eigenvalue weighted by Crippen LogP contribution is -2.44. The first-order valence-corrected chi connectivity index (χ1v) is 8.49. The van der Waals surface area contributed by atoms with E-state index in [1.165, 1.54) is 19.2 Å². The van der Waals surface area contributed by atoms with Crippen molar-refractivity contribution >= 4 is 23.0 Å². The first kappa shape index (κ1) is 19.0. The Hall–Kier alpha value is -2.80. The topological polar surface area (TPSA) is 62.6 Å². The summed E-state index contributed by atoms with van der Waals surface area (Å²) in [5, 5.41) is 10.1. The minimum atomic E-state index is -4.64. The van der Waals surface area contributed by atoms with Gasteiger partial charge in [-0.25, -0.2) is 9.18 Å². The zero-order chi connectivity index (χ0) is 19.8. The Labute approximate surface area is 155 Å². The Morgan fingerprint density at radius 3 is 2.85 bits per heavy atom. The van der Waals surface area contributed by atoms with Gasteiger partial charge in [-0.2, -0.15) is 18.4 Å². The molecule has 1 atom stereocenters. The van der Waals surface area contributed by atoms with Gasteiger partial charge in [-0.1, -0.05) is 0 Å². The lowest BCUT2D eigenvalue weighted by molar-refractivity contribution is -0.148. The summed E-state index contributed by atoms with van der Waals surface area (Å²) in [6.07, 6.45) is -5.71. The molecule has 0 saturated carbocycles. The highest BCUT2D eigenvalue weighted by Crippen LogP contribution is 2.39. The molecule has 2 aromatic rings. The predicted octanol–water partition coefficient (Wildman–Crippen LogP) is 3.72. The number of rotatable bonds is 3. The van der Waals surface area contributed by atoms with Gasteiger partial charge in [-0.15, -0.1) is 11.3 Å². The summed E-state index contributed by atoms with van der Waals surface area (Å²) in [4.78, 5) is 13.6. The number of alkyl halides is 3. The number of hydrogen-bond acceptors (Lipinski definition) is 6. The molecule has 0 saturated heterocycles. The minimum absolute atomic E-state index is 0.0184. The maximum Gasteiger partial charge on any atom is 0.418 e. The number of nitrogens with zero attached hydrogens (tertiary/aromatic N) is 2. The lowest BCUT2D eigenvalue weighted by Gasteiger charge is -2.34. The van der Waals surface area contributed by atoms with Crippen molar-refractivity contribution < 1.29 is 31.8 Å². The van der Waals surface area contributed by atoms with Gasteiger partial charge in [0.2, 0.25) is 6.10 Å². The molecule has 0 spiro atoms. The highest BCUT2D eigenvalue weighted by Gasteiger charge is 2.37. The van der Waals surface area contributed by atoms with Crippen LogP contribution in [0.3, 0.4) is 0 Å². The van der Waals surface area contributed by atoms with Gasteiger partial charge in [0, 0.05) is 16.3 Å². The monoisotopic (exact) mass is 400 g/mol. The molecule has 0 fully saturated rings. The molecule has 1 aromatic carbocycles. The first-order valence-electron chi connectivity index (χ1n) is 7.61. The molecule has 1 aliphatic rings. The summed E-state index contributed by atoms with van der Waals surface area (Å²) < 4.78 is 62.8. The molecule has 27 heavy (non-hydrogen) atoms. The van der Waals surface area contributed by atoms with Crippen molar-refractivity contribution in [2.75, 3.05) is 18.6 Å². The van der Waals surface area contributed by atoms with E-state index in [-0.39, 0.29) is 23.7 Å². The van der Waals surface area contributed by atoms with Gasteiger partial charge in [0.1, 0.15) is 17.6 Å². The van der Waals surface area contributed by atoms with Crippen molar-refractivity contribution in [1.82, 2.24) is 0 Å². The Bertz CT molecular complexity index is 920. The number of fused-ring (bicyclic) bond motifs is 1. The van der Waals surface area contributed by atoms with Crippen molar-refractivity contribution in [3.63, 3.8) is 0 Å². The molecule has 0 N–H and O–H groups in total.